The van der Waals surface area contributed by atoms with Crippen LogP contribution in [0.4, 0.5) is 0 Å². The first-order valence-corrected chi connectivity index (χ1v) is 16.2. The molecule has 0 N–H and O–H groups in total. The van der Waals surface area contributed by atoms with Gasteiger partial charge in [0.1, 0.15) is 0 Å². The molecule has 0 aliphatic rings. The van der Waals surface area contributed by atoms with Gasteiger partial charge in [0.2, 0.25) is 0 Å². The summed E-state index contributed by atoms with van der Waals surface area (Å²) < 4.78 is 0. The predicted octanol–water partition coefficient (Wildman–Crippen LogP) is 10.6. The van der Waals surface area contributed by atoms with Gasteiger partial charge in [0.15, 0.2) is 17.5 Å². The fourth-order valence-corrected chi connectivity index (χ4v) is 5.95. The monoisotopic (exact) mass is 629 g/mol. The van der Waals surface area contributed by atoms with E-state index in [2.05, 4.69) is 77.8 Å². The highest BCUT2D eigenvalue weighted by molar-refractivity contribution is 5.82. The van der Waals surface area contributed by atoms with E-state index in [4.69, 9.17) is 19.9 Å². The molecule has 3 heterocycles. The standard InChI is InChI=1S/C44H31N5/c1-30-10-8-16-41(46-30)34-23-21-33(22-24-34)39-26-38(32-19-17-31(18-20-32)37-15-9-25-45-29-37)27-40(28-39)44-48-42(35-11-4-2-5-12-35)47-43(49-44)36-13-6-3-7-14-36/h2-29H,1H3. The zero-order valence-electron chi connectivity index (χ0n) is 26.9. The van der Waals surface area contributed by atoms with E-state index < -0.39 is 0 Å². The van der Waals surface area contributed by atoms with Gasteiger partial charge in [-0.25, -0.2) is 15.0 Å². The molecule has 0 saturated heterocycles. The molecule has 5 nitrogen and oxygen atoms in total. The van der Waals surface area contributed by atoms with Crippen LogP contribution in [0.3, 0.4) is 0 Å². The molecule has 49 heavy (non-hydrogen) atoms. The lowest BCUT2D eigenvalue weighted by Gasteiger charge is -2.13. The number of benzene rings is 5. The number of aromatic nitrogens is 5. The average molecular weight is 630 g/mol. The number of hydrogen-bond donors (Lipinski definition) is 0. The Hall–Kier alpha value is -6.59. The van der Waals surface area contributed by atoms with Gasteiger partial charge in [-0.15, -0.1) is 0 Å². The Bertz CT molecular complexity index is 2300. The minimum absolute atomic E-state index is 0.614. The summed E-state index contributed by atoms with van der Waals surface area (Å²) in [5.74, 6) is 1.88. The molecule has 0 unspecified atom stereocenters. The van der Waals surface area contributed by atoms with Gasteiger partial charge in [-0.05, 0) is 76.7 Å². The molecule has 232 valence electrons. The van der Waals surface area contributed by atoms with Crippen LogP contribution >= 0.6 is 0 Å². The first kappa shape index (κ1) is 29.8. The van der Waals surface area contributed by atoms with Crippen molar-refractivity contribution < 1.29 is 0 Å². The fraction of sp³-hybridized carbons (Fsp3) is 0.0227. The van der Waals surface area contributed by atoms with Gasteiger partial charge in [0.05, 0.1) is 5.69 Å². The summed E-state index contributed by atoms with van der Waals surface area (Å²) in [6.45, 7) is 2.02. The Labute approximate surface area is 285 Å². The Balaban J connectivity index is 1.27. The molecule has 0 fully saturated rings. The normalized spacial score (nSPS) is 11.0. The highest BCUT2D eigenvalue weighted by Gasteiger charge is 2.15. The van der Waals surface area contributed by atoms with Crippen LogP contribution in [0, 0.1) is 6.92 Å². The highest BCUT2D eigenvalue weighted by atomic mass is 15.0. The maximum Gasteiger partial charge on any atom is 0.164 e. The third-order valence-corrected chi connectivity index (χ3v) is 8.51. The van der Waals surface area contributed by atoms with E-state index in [0.717, 1.165) is 67.0 Å². The Morgan fingerprint density at radius 1 is 0.327 bits per heavy atom. The van der Waals surface area contributed by atoms with Gasteiger partial charge in [0, 0.05) is 40.3 Å². The molecular weight excluding hydrogens is 599 g/mol. The van der Waals surface area contributed by atoms with Gasteiger partial charge >= 0.3 is 0 Å². The van der Waals surface area contributed by atoms with E-state index >= 15 is 0 Å². The van der Waals surface area contributed by atoms with E-state index in [-0.39, 0.29) is 0 Å². The van der Waals surface area contributed by atoms with Crippen molar-refractivity contribution in [2.75, 3.05) is 0 Å². The largest absolute Gasteiger partial charge is 0.264 e. The topological polar surface area (TPSA) is 64.5 Å². The molecule has 8 rings (SSSR count). The van der Waals surface area contributed by atoms with Crippen LogP contribution in [0.5, 0.6) is 0 Å². The molecule has 0 radical (unpaired) electrons. The number of rotatable bonds is 7. The van der Waals surface area contributed by atoms with Crippen LogP contribution in [0.25, 0.3) is 78.8 Å². The summed E-state index contributed by atoms with van der Waals surface area (Å²) >= 11 is 0. The van der Waals surface area contributed by atoms with Gasteiger partial charge in [-0.1, -0.05) is 121 Å². The lowest BCUT2D eigenvalue weighted by Crippen LogP contribution is -2.00. The first-order chi connectivity index (χ1) is 24.2. The number of hydrogen-bond acceptors (Lipinski definition) is 5. The average Bonchev–Trinajstić information content (AvgIpc) is 3.19. The molecule has 0 aliphatic heterocycles. The molecular formula is C44H31N5. The molecule has 8 aromatic rings. The predicted molar refractivity (Wildman–Crippen MR) is 198 cm³/mol. The van der Waals surface area contributed by atoms with Crippen LogP contribution in [0.1, 0.15) is 5.69 Å². The number of nitrogens with zero attached hydrogens (tertiary/aromatic N) is 5. The smallest absolute Gasteiger partial charge is 0.164 e. The lowest BCUT2D eigenvalue weighted by molar-refractivity contribution is 1.07. The van der Waals surface area contributed by atoms with Crippen molar-refractivity contribution in [2.24, 2.45) is 0 Å². The van der Waals surface area contributed by atoms with Crippen molar-refractivity contribution in [1.29, 1.82) is 0 Å². The molecule has 0 aliphatic carbocycles. The molecule has 0 amide bonds. The minimum Gasteiger partial charge on any atom is -0.264 e. The van der Waals surface area contributed by atoms with E-state index in [1.165, 1.54) is 0 Å². The van der Waals surface area contributed by atoms with Crippen molar-refractivity contribution in [3.63, 3.8) is 0 Å². The van der Waals surface area contributed by atoms with Crippen LogP contribution in [0.15, 0.2) is 170 Å². The molecule has 0 bridgehead atoms. The first-order valence-electron chi connectivity index (χ1n) is 16.2. The lowest BCUT2D eigenvalue weighted by atomic mass is 9.94. The Kier molecular flexibility index (Phi) is 8.06. The van der Waals surface area contributed by atoms with Crippen molar-refractivity contribution >= 4 is 0 Å². The van der Waals surface area contributed by atoms with Crippen molar-refractivity contribution in [3.05, 3.63) is 176 Å². The third kappa shape index (κ3) is 6.51. The summed E-state index contributed by atoms with van der Waals surface area (Å²) in [5.41, 5.74) is 12.3. The highest BCUT2D eigenvalue weighted by Crippen LogP contribution is 2.35. The second kappa shape index (κ2) is 13.3. The second-order valence-corrected chi connectivity index (χ2v) is 11.9. The maximum absolute atomic E-state index is 5.05. The van der Waals surface area contributed by atoms with Crippen LogP contribution in [-0.2, 0) is 0 Å². The van der Waals surface area contributed by atoms with E-state index in [9.17, 15) is 0 Å². The molecule has 0 spiro atoms. The molecule has 0 atom stereocenters. The molecule has 5 aromatic carbocycles. The summed E-state index contributed by atoms with van der Waals surface area (Å²) in [5, 5.41) is 0. The number of pyridine rings is 2. The van der Waals surface area contributed by atoms with Crippen LogP contribution in [0.2, 0.25) is 0 Å². The van der Waals surface area contributed by atoms with Gasteiger partial charge in [-0.2, -0.15) is 0 Å². The molecule has 3 aromatic heterocycles. The van der Waals surface area contributed by atoms with Crippen molar-refractivity contribution in [3.8, 4) is 78.8 Å². The van der Waals surface area contributed by atoms with Crippen molar-refractivity contribution in [1.82, 2.24) is 24.9 Å². The summed E-state index contributed by atoms with van der Waals surface area (Å²) in [4.78, 5) is 24.0. The minimum atomic E-state index is 0.614. The van der Waals surface area contributed by atoms with E-state index in [1.54, 1.807) is 6.20 Å². The molecule has 0 saturated carbocycles. The van der Waals surface area contributed by atoms with Crippen LogP contribution < -0.4 is 0 Å². The Morgan fingerprint density at radius 2 is 0.796 bits per heavy atom. The fourth-order valence-electron chi connectivity index (χ4n) is 5.95. The summed E-state index contributed by atoms with van der Waals surface area (Å²) in [6.07, 6.45) is 3.68. The Morgan fingerprint density at radius 3 is 1.31 bits per heavy atom. The van der Waals surface area contributed by atoms with Crippen molar-refractivity contribution in [2.45, 2.75) is 6.92 Å². The maximum atomic E-state index is 5.05. The zero-order chi connectivity index (χ0) is 33.0. The van der Waals surface area contributed by atoms with E-state index in [1.807, 2.05) is 98.0 Å². The SMILES string of the molecule is Cc1cccc(-c2ccc(-c3cc(-c4ccc(-c5cccnc5)cc4)cc(-c4nc(-c5ccccc5)nc(-c5ccccc5)n4)c3)cc2)n1. The second-order valence-electron chi connectivity index (χ2n) is 11.9. The quantitative estimate of drug-likeness (QED) is 0.175. The third-order valence-electron chi connectivity index (χ3n) is 8.51. The van der Waals surface area contributed by atoms with Crippen LogP contribution in [-0.4, -0.2) is 24.9 Å². The van der Waals surface area contributed by atoms with Gasteiger partial charge < -0.3 is 0 Å². The van der Waals surface area contributed by atoms with Gasteiger partial charge in [-0.3, -0.25) is 9.97 Å². The molecule has 5 heteroatoms. The zero-order valence-corrected chi connectivity index (χ0v) is 26.9. The summed E-state index contributed by atoms with van der Waals surface area (Å²) in [6, 6.07) is 54.1. The summed E-state index contributed by atoms with van der Waals surface area (Å²) in [7, 11) is 0. The van der Waals surface area contributed by atoms with E-state index in [0.29, 0.717) is 17.5 Å². The number of aryl methyl sites for hydroxylation is 1. The van der Waals surface area contributed by atoms with Gasteiger partial charge in [0.25, 0.3) is 0 Å².